The van der Waals surface area contributed by atoms with Crippen LogP contribution >= 0.6 is 15.9 Å². The first-order valence-electron chi connectivity index (χ1n) is 4.46. The van der Waals surface area contributed by atoms with Crippen LogP contribution in [0.4, 0.5) is 0 Å². The van der Waals surface area contributed by atoms with Crippen LogP contribution in [0, 0.1) is 6.92 Å². The van der Waals surface area contributed by atoms with E-state index in [0.29, 0.717) is 12.4 Å². The van der Waals surface area contributed by atoms with Gasteiger partial charge in [0.05, 0.1) is 4.47 Å². The van der Waals surface area contributed by atoms with E-state index in [1.54, 1.807) is 0 Å². The van der Waals surface area contributed by atoms with Gasteiger partial charge in [-0.3, -0.25) is 0 Å². The Kier molecular flexibility index (Phi) is 2.56. The molecule has 0 atom stereocenters. The molecule has 14 heavy (non-hydrogen) atoms. The summed E-state index contributed by atoms with van der Waals surface area (Å²) in [7, 11) is 0. The molecule has 2 rings (SSSR count). The summed E-state index contributed by atoms with van der Waals surface area (Å²) in [5.41, 5.74) is 8.38. The molecule has 0 aliphatic heterocycles. The van der Waals surface area contributed by atoms with Crippen molar-refractivity contribution in [1.29, 1.82) is 0 Å². The van der Waals surface area contributed by atoms with Gasteiger partial charge in [-0.1, -0.05) is 0 Å². The van der Waals surface area contributed by atoms with Crippen LogP contribution in [0.1, 0.15) is 11.5 Å². The molecule has 0 fully saturated rings. The molecular weight excluding hydrogens is 244 g/mol. The SMILES string of the molecule is Cc1nc2cc(CCN)cc(Br)c2o1. The molecule has 3 nitrogen and oxygen atoms in total. The average Bonchev–Trinajstić information content (AvgIpc) is 2.47. The van der Waals surface area contributed by atoms with E-state index in [9.17, 15) is 0 Å². The third-order valence-corrected chi connectivity index (χ3v) is 2.63. The average molecular weight is 255 g/mol. The van der Waals surface area contributed by atoms with Crippen molar-refractivity contribution in [2.24, 2.45) is 5.73 Å². The van der Waals surface area contributed by atoms with Crippen molar-refractivity contribution < 1.29 is 4.42 Å². The number of aromatic nitrogens is 1. The van der Waals surface area contributed by atoms with Gasteiger partial charge >= 0.3 is 0 Å². The number of aryl methyl sites for hydroxylation is 1. The standard InChI is InChI=1S/C10H11BrN2O/c1-6-13-9-5-7(2-3-12)4-8(11)10(9)14-6/h4-5H,2-3,12H2,1H3. The molecule has 0 aliphatic carbocycles. The summed E-state index contributed by atoms with van der Waals surface area (Å²) in [5, 5.41) is 0. The number of nitrogens with two attached hydrogens (primary N) is 1. The zero-order chi connectivity index (χ0) is 10.1. The maximum absolute atomic E-state index is 5.50. The lowest BCUT2D eigenvalue weighted by Crippen LogP contribution is -2.02. The number of halogens is 1. The molecule has 2 N–H and O–H groups in total. The lowest BCUT2D eigenvalue weighted by atomic mass is 10.1. The molecule has 0 saturated carbocycles. The van der Waals surface area contributed by atoms with Crippen molar-refractivity contribution >= 4 is 27.0 Å². The van der Waals surface area contributed by atoms with Gasteiger partial charge in [-0.25, -0.2) is 4.98 Å². The van der Waals surface area contributed by atoms with Gasteiger partial charge in [0.1, 0.15) is 5.52 Å². The lowest BCUT2D eigenvalue weighted by molar-refractivity contribution is 0.559. The third kappa shape index (κ3) is 1.67. The van der Waals surface area contributed by atoms with E-state index in [1.165, 1.54) is 5.56 Å². The lowest BCUT2D eigenvalue weighted by Gasteiger charge is -1.99. The maximum Gasteiger partial charge on any atom is 0.192 e. The van der Waals surface area contributed by atoms with E-state index < -0.39 is 0 Å². The molecule has 0 aliphatic rings. The number of rotatable bonds is 2. The fraction of sp³-hybridized carbons (Fsp3) is 0.300. The van der Waals surface area contributed by atoms with E-state index in [1.807, 2.05) is 19.1 Å². The van der Waals surface area contributed by atoms with Crippen molar-refractivity contribution in [2.45, 2.75) is 13.3 Å². The Labute approximate surface area is 90.4 Å². The summed E-state index contributed by atoms with van der Waals surface area (Å²) < 4.78 is 6.39. The first kappa shape index (κ1) is 9.68. The molecule has 0 radical (unpaired) electrons. The van der Waals surface area contributed by atoms with Gasteiger partial charge in [-0.05, 0) is 46.6 Å². The predicted octanol–water partition coefficient (Wildman–Crippen LogP) is 2.40. The van der Waals surface area contributed by atoms with Gasteiger partial charge in [0, 0.05) is 6.92 Å². The van der Waals surface area contributed by atoms with Gasteiger partial charge in [0.2, 0.25) is 0 Å². The minimum Gasteiger partial charge on any atom is -0.440 e. The van der Waals surface area contributed by atoms with Crippen molar-refractivity contribution in [3.8, 4) is 0 Å². The second-order valence-corrected chi connectivity index (χ2v) is 4.05. The highest BCUT2D eigenvalue weighted by atomic mass is 79.9. The quantitative estimate of drug-likeness (QED) is 0.896. The Morgan fingerprint density at radius 2 is 2.29 bits per heavy atom. The maximum atomic E-state index is 5.50. The molecule has 4 heteroatoms. The zero-order valence-electron chi connectivity index (χ0n) is 7.88. The Hall–Kier alpha value is -0.870. The Morgan fingerprint density at radius 1 is 1.50 bits per heavy atom. The molecule has 1 aromatic heterocycles. The van der Waals surface area contributed by atoms with Gasteiger partial charge in [0.15, 0.2) is 11.5 Å². The molecular formula is C10H11BrN2O. The molecule has 0 bridgehead atoms. The number of benzene rings is 1. The predicted molar refractivity (Wildman–Crippen MR) is 59.2 cm³/mol. The second-order valence-electron chi connectivity index (χ2n) is 3.20. The van der Waals surface area contributed by atoms with Gasteiger partial charge in [-0.2, -0.15) is 0 Å². The minimum absolute atomic E-state index is 0.648. The van der Waals surface area contributed by atoms with Crippen LogP contribution in [0.2, 0.25) is 0 Å². The highest BCUT2D eigenvalue weighted by Crippen LogP contribution is 2.26. The number of hydrogen-bond donors (Lipinski definition) is 1. The normalized spacial score (nSPS) is 11.1. The van der Waals surface area contributed by atoms with Crippen molar-refractivity contribution in [3.05, 3.63) is 28.1 Å². The van der Waals surface area contributed by atoms with E-state index in [2.05, 4.69) is 20.9 Å². The van der Waals surface area contributed by atoms with E-state index in [0.717, 1.165) is 22.0 Å². The van der Waals surface area contributed by atoms with Crippen molar-refractivity contribution in [2.75, 3.05) is 6.54 Å². The van der Waals surface area contributed by atoms with Gasteiger partial charge in [0.25, 0.3) is 0 Å². The molecule has 1 aromatic carbocycles. The van der Waals surface area contributed by atoms with Crippen LogP contribution in [0.25, 0.3) is 11.1 Å². The van der Waals surface area contributed by atoms with Crippen LogP contribution < -0.4 is 5.73 Å². The fourth-order valence-corrected chi connectivity index (χ4v) is 2.05. The molecule has 0 saturated heterocycles. The van der Waals surface area contributed by atoms with E-state index in [-0.39, 0.29) is 0 Å². The fourth-order valence-electron chi connectivity index (χ4n) is 1.47. The number of hydrogen-bond acceptors (Lipinski definition) is 3. The highest BCUT2D eigenvalue weighted by molar-refractivity contribution is 9.10. The number of fused-ring (bicyclic) bond motifs is 1. The number of oxazole rings is 1. The Bertz CT molecular complexity index is 464. The second kappa shape index (κ2) is 3.71. The largest absolute Gasteiger partial charge is 0.440 e. The first-order chi connectivity index (χ1) is 6.70. The van der Waals surface area contributed by atoms with Crippen molar-refractivity contribution in [3.63, 3.8) is 0 Å². The number of nitrogens with zero attached hydrogens (tertiary/aromatic N) is 1. The van der Waals surface area contributed by atoms with Crippen LogP contribution in [0.5, 0.6) is 0 Å². The third-order valence-electron chi connectivity index (χ3n) is 2.04. The molecule has 74 valence electrons. The summed E-state index contributed by atoms with van der Waals surface area (Å²) >= 11 is 3.46. The molecule has 0 spiro atoms. The summed E-state index contributed by atoms with van der Waals surface area (Å²) in [6.45, 7) is 2.49. The minimum atomic E-state index is 0.648. The topological polar surface area (TPSA) is 52.0 Å². The summed E-state index contributed by atoms with van der Waals surface area (Å²) in [6.07, 6.45) is 0.862. The Morgan fingerprint density at radius 3 is 3.00 bits per heavy atom. The van der Waals surface area contributed by atoms with E-state index >= 15 is 0 Å². The molecule has 2 aromatic rings. The molecule has 0 amide bonds. The van der Waals surface area contributed by atoms with Crippen molar-refractivity contribution in [1.82, 2.24) is 4.98 Å². The molecule has 1 heterocycles. The summed E-state index contributed by atoms with van der Waals surface area (Å²) in [4.78, 5) is 4.28. The van der Waals surface area contributed by atoms with Crippen LogP contribution in [0.15, 0.2) is 21.0 Å². The smallest absolute Gasteiger partial charge is 0.192 e. The van der Waals surface area contributed by atoms with E-state index in [4.69, 9.17) is 10.2 Å². The highest BCUT2D eigenvalue weighted by Gasteiger charge is 2.07. The first-order valence-corrected chi connectivity index (χ1v) is 5.25. The van der Waals surface area contributed by atoms with Gasteiger partial charge in [-0.15, -0.1) is 0 Å². The van der Waals surface area contributed by atoms with Gasteiger partial charge < -0.3 is 10.2 Å². The zero-order valence-corrected chi connectivity index (χ0v) is 9.47. The van der Waals surface area contributed by atoms with Crippen LogP contribution in [-0.4, -0.2) is 11.5 Å². The Balaban J connectivity index is 2.59. The molecule has 0 unspecified atom stereocenters. The summed E-state index contributed by atoms with van der Waals surface area (Å²) in [6, 6.07) is 4.04. The summed E-state index contributed by atoms with van der Waals surface area (Å²) in [5.74, 6) is 0.686. The van der Waals surface area contributed by atoms with Crippen LogP contribution in [-0.2, 0) is 6.42 Å². The monoisotopic (exact) mass is 254 g/mol. The van der Waals surface area contributed by atoms with Crippen LogP contribution in [0.3, 0.4) is 0 Å².